The number of carbonyl (C=O) groups is 1. The summed E-state index contributed by atoms with van der Waals surface area (Å²) in [5.41, 5.74) is 2.22. The number of fused-ring (bicyclic) bond motifs is 1. The first kappa shape index (κ1) is 14.8. The topological polar surface area (TPSA) is 63.2 Å². The summed E-state index contributed by atoms with van der Waals surface area (Å²) in [5, 5.41) is 7.34. The number of ether oxygens (including phenoxy) is 1. The number of nitrogens with one attached hydrogen (secondary N) is 2. The molecule has 1 fully saturated rings. The average Bonchev–Trinajstić information content (AvgIpc) is 2.54. The minimum Gasteiger partial charge on any atom is -0.497 e. The van der Waals surface area contributed by atoms with E-state index in [0.29, 0.717) is 5.56 Å². The molecule has 1 aromatic heterocycles. The lowest BCUT2D eigenvalue weighted by molar-refractivity contribution is 0.0930. The molecule has 22 heavy (non-hydrogen) atoms. The van der Waals surface area contributed by atoms with Crippen LogP contribution < -0.4 is 15.4 Å². The maximum atomic E-state index is 12.5. The Balaban J connectivity index is 1.86. The van der Waals surface area contributed by atoms with E-state index in [2.05, 4.69) is 15.6 Å². The van der Waals surface area contributed by atoms with Crippen LogP contribution in [0.3, 0.4) is 0 Å². The van der Waals surface area contributed by atoms with Crippen molar-refractivity contribution in [3.05, 3.63) is 35.5 Å². The third-order valence-corrected chi connectivity index (χ3v) is 4.09. The lowest BCUT2D eigenvalue weighted by atomic mass is 10.1. The second-order valence-electron chi connectivity index (χ2n) is 5.70. The number of piperidine rings is 1. The molecule has 0 unspecified atom stereocenters. The third kappa shape index (κ3) is 3.04. The Kier molecular flexibility index (Phi) is 4.24. The van der Waals surface area contributed by atoms with Crippen molar-refractivity contribution in [2.75, 3.05) is 20.2 Å². The van der Waals surface area contributed by atoms with E-state index in [9.17, 15) is 4.79 Å². The number of nitrogens with zero attached hydrogens (tertiary/aromatic N) is 1. The summed E-state index contributed by atoms with van der Waals surface area (Å²) >= 11 is 0. The lowest BCUT2D eigenvalue weighted by Gasteiger charge is -2.24. The van der Waals surface area contributed by atoms with E-state index in [1.807, 2.05) is 31.2 Å². The molecule has 5 heteroatoms. The van der Waals surface area contributed by atoms with Gasteiger partial charge in [0.2, 0.25) is 0 Å². The molecule has 1 atom stereocenters. The van der Waals surface area contributed by atoms with Crippen LogP contribution >= 0.6 is 0 Å². The standard InChI is InChI=1S/C17H21N3O2/c1-11-15(17(21)20-13-4-3-7-18-10-13)8-12-5-6-14(22-2)9-16(12)19-11/h5-6,8-9,13,18H,3-4,7,10H2,1-2H3,(H,20,21)/t13-/m0/s1. The Labute approximate surface area is 130 Å². The Hall–Kier alpha value is -2.14. The summed E-state index contributed by atoms with van der Waals surface area (Å²) < 4.78 is 5.21. The van der Waals surface area contributed by atoms with Crippen molar-refractivity contribution in [2.45, 2.75) is 25.8 Å². The average molecular weight is 299 g/mol. The highest BCUT2D eigenvalue weighted by atomic mass is 16.5. The second kappa shape index (κ2) is 6.32. The maximum absolute atomic E-state index is 12.5. The number of amides is 1. The van der Waals surface area contributed by atoms with Crippen LogP contribution in [-0.2, 0) is 0 Å². The normalized spacial score (nSPS) is 18.2. The summed E-state index contributed by atoms with van der Waals surface area (Å²) in [6.45, 7) is 3.74. The van der Waals surface area contributed by atoms with Gasteiger partial charge in [-0.25, -0.2) is 0 Å². The van der Waals surface area contributed by atoms with Crippen molar-refractivity contribution in [1.82, 2.24) is 15.6 Å². The van der Waals surface area contributed by atoms with Crippen molar-refractivity contribution >= 4 is 16.8 Å². The molecule has 1 amide bonds. The van der Waals surface area contributed by atoms with Gasteiger partial charge in [0.25, 0.3) is 5.91 Å². The van der Waals surface area contributed by atoms with Crippen LogP contribution in [-0.4, -0.2) is 37.1 Å². The van der Waals surface area contributed by atoms with Crippen LogP contribution in [0.25, 0.3) is 10.9 Å². The fourth-order valence-electron chi connectivity index (χ4n) is 2.84. The number of aryl methyl sites for hydroxylation is 1. The van der Waals surface area contributed by atoms with E-state index in [-0.39, 0.29) is 11.9 Å². The molecule has 0 bridgehead atoms. The van der Waals surface area contributed by atoms with Crippen LogP contribution in [0.4, 0.5) is 0 Å². The van der Waals surface area contributed by atoms with Crippen molar-refractivity contribution in [1.29, 1.82) is 0 Å². The molecule has 2 aromatic rings. The Morgan fingerprint density at radius 3 is 3.00 bits per heavy atom. The molecular weight excluding hydrogens is 278 g/mol. The smallest absolute Gasteiger partial charge is 0.253 e. The molecule has 1 aliphatic heterocycles. The van der Waals surface area contributed by atoms with Crippen molar-refractivity contribution in [3.8, 4) is 5.75 Å². The van der Waals surface area contributed by atoms with Crippen LogP contribution in [0.5, 0.6) is 5.75 Å². The molecule has 0 spiro atoms. The van der Waals surface area contributed by atoms with Crippen molar-refractivity contribution in [2.24, 2.45) is 0 Å². The van der Waals surface area contributed by atoms with Gasteiger partial charge in [-0.2, -0.15) is 0 Å². The Morgan fingerprint density at radius 2 is 2.27 bits per heavy atom. The van der Waals surface area contributed by atoms with Crippen LogP contribution in [0.1, 0.15) is 28.9 Å². The summed E-state index contributed by atoms with van der Waals surface area (Å²) in [4.78, 5) is 17.0. The zero-order chi connectivity index (χ0) is 15.5. The molecule has 5 nitrogen and oxygen atoms in total. The van der Waals surface area contributed by atoms with E-state index in [1.165, 1.54) is 0 Å². The highest BCUT2D eigenvalue weighted by Gasteiger charge is 2.18. The van der Waals surface area contributed by atoms with E-state index in [1.54, 1.807) is 7.11 Å². The number of carbonyl (C=O) groups excluding carboxylic acids is 1. The Bertz CT molecular complexity index is 694. The fourth-order valence-corrected chi connectivity index (χ4v) is 2.84. The highest BCUT2D eigenvalue weighted by Crippen LogP contribution is 2.21. The van der Waals surface area contributed by atoms with Crippen molar-refractivity contribution < 1.29 is 9.53 Å². The van der Waals surface area contributed by atoms with Gasteiger partial charge in [0, 0.05) is 24.0 Å². The first-order valence-corrected chi connectivity index (χ1v) is 7.64. The van der Waals surface area contributed by atoms with E-state index >= 15 is 0 Å². The van der Waals surface area contributed by atoms with E-state index < -0.39 is 0 Å². The Morgan fingerprint density at radius 1 is 1.41 bits per heavy atom. The first-order chi connectivity index (χ1) is 10.7. The number of aromatic nitrogens is 1. The molecule has 0 saturated carbocycles. The molecule has 3 rings (SSSR count). The van der Waals surface area contributed by atoms with Crippen LogP contribution in [0.15, 0.2) is 24.3 Å². The quantitative estimate of drug-likeness (QED) is 0.910. The molecular formula is C17H21N3O2. The lowest BCUT2D eigenvalue weighted by Crippen LogP contribution is -2.45. The molecule has 1 aliphatic rings. The minimum atomic E-state index is -0.0450. The van der Waals surface area contributed by atoms with Gasteiger partial charge in [0.15, 0.2) is 0 Å². The monoisotopic (exact) mass is 299 g/mol. The highest BCUT2D eigenvalue weighted by molar-refractivity contribution is 5.99. The van der Waals surface area contributed by atoms with Crippen molar-refractivity contribution in [3.63, 3.8) is 0 Å². The molecule has 2 N–H and O–H groups in total. The second-order valence-corrected chi connectivity index (χ2v) is 5.70. The van der Waals surface area contributed by atoms with E-state index in [0.717, 1.165) is 48.3 Å². The molecule has 0 aliphatic carbocycles. The number of methoxy groups -OCH3 is 1. The number of pyridine rings is 1. The van der Waals surface area contributed by atoms with Gasteiger partial charge >= 0.3 is 0 Å². The largest absolute Gasteiger partial charge is 0.497 e. The molecule has 2 heterocycles. The molecule has 1 aromatic carbocycles. The van der Waals surface area contributed by atoms with E-state index in [4.69, 9.17) is 4.74 Å². The zero-order valence-corrected chi connectivity index (χ0v) is 13.0. The van der Waals surface area contributed by atoms with Gasteiger partial charge in [-0.3, -0.25) is 9.78 Å². The minimum absolute atomic E-state index is 0.0450. The maximum Gasteiger partial charge on any atom is 0.253 e. The van der Waals surface area contributed by atoms with Gasteiger partial charge in [-0.15, -0.1) is 0 Å². The number of hydrogen-bond acceptors (Lipinski definition) is 4. The molecule has 0 radical (unpaired) electrons. The summed E-state index contributed by atoms with van der Waals surface area (Å²) in [6, 6.07) is 7.80. The van der Waals surface area contributed by atoms with Gasteiger partial charge < -0.3 is 15.4 Å². The zero-order valence-electron chi connectivity index (χ0n) is 13.0. The number of rotatable bonds is 3. The predicted octanol–water partition coefficient (Wildman–Crippen LogP) is 2.03. The van der Waals surface area contributed by atoms with Crippen LogP contribution in [0, 0.1) is 6.92 Å². The number of hydrogen-bond donors (Lipinski definition) is 2. The summed E-state index contributed by atoms with van der Waals surface area (Å²) in [6.07, 6.45) is 2.12. The van der Waals surface area contributed by atoms with Gasteiger partial charge in [-0.05, 0) is 44.5 Å². The molecule has 1 saturated heterocycles. The van der Waals surface area contributed by atoms with Crippen LogP contribution in [0.2, 0.25) is 0 Å². The fraction of sp³-hybridized carbons (Fsp3) is 0.412. The van der Waals surface area contributed by atoms with Gasteiger partial charge in [0.05, 0.1) is 23.9 Å². The third-order valence-electron chi connectivity index (χ3n) is 4.09. The first-order valence-electron chi connectivity index (χ1n) is 7.64. The number of benzene rings is 1. The molecule has 116 valence electrons. The predicted molar refractivity (Wildman–Crippen MR) is 86.4 cm³/mol. The van der Waals surface area contributed by atoms with Gasteiger partial charge in [0.1, 0.15) is 5.75 Å². The van der Waals surface area contributed by atoms with Gasteiger partial charge in [-0.1, -0.05) is 0 Å². The summed E-state index contributed by atoms with van der Waals surface area (Å²) in [5.74, 6) is 0.723. The summed E-state index contributed by atoms with van der Waals surface area (Å²) in [7, 11) is 1.63. The SMILES string of the molecule is COc1ccc2cc(C(=O)N[C@H]3CCCNC3)c(C)nc2c1.